The Morgan fingerprint density at radius 3 is 2.69 bits per heavy atom. The van der Waals surface area contributed by atoms with Gasteiger partial charge in [-0.15, -0.1) is 0 Å². The summed E-state index contributed by atoms with van der Waals surface area (Å²) in [6.45, 7) is 4.37. The van der Waals surface area contributed by atoms with E-state index in [0.717, 1.165) is 0 Å². The van der Waals surface area contributed by atoms with E-state index >= 15 is 0 Å². The molecule has 1 aliphatic rings. The fraction of sp³-hybridized carbons (Fsp3) is 0.667. The van der Waals surface area contributed by atoms with Crippen molar-refractivity contribution < 1.29 is 8.42 Å². The molecule has 6 nitrogen and oxygen atoms in total. The Morgan fingerprint density at radius 1 is 1.44 bits per heavy atom. The largest absolute Gasteiger partial charge is 0.332 e. The van der Waals surface area contributed by atoms with Crippen LogP contribution in [0, 0.1) is 0 Å². The standard InChI is InChI=1S/C9H16N4O2S/c1-2-8-11-7-9(12-8)16(14,15)13-5-3-10-4-6-13/h7,10H,2-6H2,1H3,(H,11,12). The number of rotatable bonds is 3. The average Bonchev–Trinajstić information content (AvgIpc) is 2.79. The lowest BCUT2D eigenvalue weighted by Gasteiger charge is -2.25. The average molecular weight is 244 g/mol. The van der Waals surface area contributed by atoms with E-state index in [9.17, 15) is 8.42 Å². The van der Waals surface area contributed by atoms with E-state index in [2.05, 4.69) is 15.3 Å². The van der Waals surface area contributed by atoms with Gasteiger partial charge in [0.05, 0.1) is 6.20 Å². The molecule has 1 aliphatic heterocycles. The normalized spacial score (nSPS) is 18.8. The first-order chi connectivity index (χ1) is 7.64. The quantitative estimate of drug-likeness (QED) is 0.756. The molecule has 0 amide bonds. The summed E-state index contributed by atoms with van der Waals surface area (Å²) in [5.74, 6) is 0.703. The fourth-order valence-corrected chi connectivity index (χ4v) is 3.05. The van der Waals surface area contributed by atoms with Gasteiger partial charge in [0.25, 0.3) is 10.0 Å². The van der Waals surface area contributed by atoms with Gasteiger partial charge in [-0.3, -0.25) is 0 Å². The van der Waals surface area contributed by atoms with Gasteiger partial charge < -0.3 is 10.3 Å². The topological polar surface area (TPSA) is 78.1 Å². The molecule has 2 rings (SSSR count). The van der Waals surface area contributed by atoms with Crippen LogP contribution in [-0.4, -0.2) is 48.9 Å². The molecule has 0 saturated carbocycles. The molecule has 90 valence electrons. The van der Waals surface area contributed by atoms with E-state index in [-0.39, 0.29) is 5.03 Å². The van der Waals surface area contributed by atoms with Gasteiger partial charge in [0.15, 0.2) is 5.03 Å². The smallest absolute Gasteiger partial charge is 0.260 e. The zero-order valence-corrected chi connectivity index (χ0v) is 10.0. The van der Waals surface area contributed by atoms with Crippen molar-refractivity contribution >= 4 is 10.0 Å². The predicted octanol–water partition coefficient (Wildman–Crippen LogP) is -0.434. The molecule has 0 aromatic carbocycles. The van der Waals surface area contributed by atoms with Gasteiger partial charge >= 0.3 is 0 Å². The zero-order chi connectivity index (χ0) is 11.6. The van der Waals surface area contributed by atoms with Crippen LogP contribution in [0.15, 0.2) is 11.2 Å². The molecule has 0 spiro atoms. The van der Waals surface area contributed by atoms with Gasteiger partial charge in [-0.1, -0.05) is 6.92 Å². The lowest BCUT2D eigenvalue weighted by atomic mass is 10.4. The first kappa shape index (κ1) is 11.6. The molecule has 1 fully saturated rings. The molecule has 7 heteroatoms. The van der Waals surface area contributed by atoms with Gasteiger partial charge in [-0.25, -0.2) is 13.4 Å². The summed E-state index contributed by atoms with van der Waals surface area (Å²) in [5.41, 5.74) is 0. The first-order valence-electron chi connectivity index (χ1n) is 5.39. The second kappa shape index (κ2) is 4.52. The van der Waals surface area contributed by atoms with Crippen molar-refractivity contribution in [3.8, 4) is 0 Å². The Bertz CT molecular complexity index is 448. The van der Waals surface area contributed by atoms with Gasteiger partial charge in [-0.05, 0) is 0 Å². The molecular weight excluding hydrogens is 228 g/mol. The third-order valence-electron chi connectivity index (χ3n) is 2.63. The first-order valence-corrected chi connectivity index (χ1v) is 6.83. The summed E-state index contributed by atoms with van der Waals surface area (Å²) in [6.07, 6.45) is 2.10. The number of aromatic nitrogens is 2. The second-order valence-corrected chi connectivity index (χ2v) is 5.61. The van der Waals surface area contributed by atoms with E-state index in [1.807, 2.05) is 6.92 Å². The molecule has 0 radical (unpaired) electrons. The van der Waals surface area contributed by atoms with Crippen molar-refractivity contribution in [1.29, 1.82) is 0 Å². The second-order valence-electron chi connectivity index (χ2n) is 3.70. The van der Waals surface area contributed by atoms with Gasteiger partial charge in [-0.2, -0.15) is 4.31 Å². The highest BCUT2D eigenvalue weighted by atomic mass is 32.2. The number of aryl methyl sites for hydroxylation is 1. The van der Waals surface area contributed by atoms with Crippen molar-refractivity contribution in [3.63, 3.8) is 0 Å². The van der Waals surface area contributed by atoms with Crippen molar-refractivity contribution in [1.82, 2.24) is 19.6 Å². The number of sulfonamides is 1. The van der Waals surface area contributed by atoms with E-state index in [0.29, 0.717) is 38.4 Å². The highest BCUT2D eigenvalue weighted by Crippen LogP contribution is 2.13. The monoisotopic (exact) mass is 244 g/mol. The van der Waals surface area contributed by atoms with Crippen LogP contribution < -0.4 is 5.32 Å². The number of H-pyrrole nitrogens is 1. The van der Waals surface area contributed by atoms with E-state index in [1.165, 1.54) is 10.5 Å². The summed E-state index contributed by atoms with van der Waals surface area (Å²) in [6, 6.07) is 0. The SMILES string of the molecule is CCc1ncc(S(=O)(=O)N2CCNCC2)[nH]1. The number of piperazine rings is 1. The molecule has 2 heterocycles. The maximum Gasteiger partial charge on any atom is 0.260 e. The maximum absolute atomic E-state index is 12.1. The van der Waals surface area contributed by atoms with Crippen LogP contribution in [0.3, 0.4) is 0 Å². The highest BCUT2D eigenvalue weighted by molar-refractivity contribution is 7.89. The van der Waals surface area contributed by atoms with Crippen LogP contribution in [-0.2, 0) is 16.4 Å². The van der Waals surface area contributed by atoms with Gasteiger partial charge in [0.1, 0.15) is 5.82 Å². The van der Waals surface area contributed by atoms with Gasteiger partial charge in [0, 0.05) is 32.6 Å². The third kappa shape index (κ3) is 2.11. The van der Waals surface area contributed by atoms with Crippen molar-refractivity contribution in [3.05, 3.63) is 12.0 Å². The minimum Gasteiger partial charge on any atom is -0.332 e. The summed E-state index contributed by atoms with van der Waals surface area (Å²) < 4.78 is 25.8. The van der Waals surface area contributed by atoms with Gasteiger partial charge in [0.2, 0.25) is 0 Å². The molecule has 0 bridgehead atoms. The van der Waals surface area contributed by atoms with Crippen LogP contribution in [0.4, 0.5) is 0 Å². The Kier molecular flexibility index (Phi) is 3.27. The molecule has 1 saturated heterocycles. The minimum absolute atomic E-state index is 0.200. The fourth-order valence-electron chi connectivity index (χ4n) is 1.68. The van der Waals surface area contributed by atoms with E-state index < -0.39 is 10.0 Å². The summed E-state index contributed by atoms with van der Waals surface area (Å²) in [4.78, 5) is 6.86. The van der Waals surface area contributed by atoms with Crippen molar-refractivity contribution in [2.24, 2.45) is 0 Å². The molecular formula is C9H16N4O2S. The molecule has 0 unspecified atom stereocenters. The number of nitrogens with zero attached hydrogens (tertiary/aromatic N) is 2. The Balaban J connectivity index is 2.23. The molecule has 2 N–H and O–H groups in total. The van der Waals surface area contributed by atoms with E-state index in [4.69, 9.17) is 0 Å². The number of hydrogen-bond acceptors (Lipinski definition) is 4. The van der Waals surface area contributed by atoms with Crippen LogP contribution in [0.5, 0.6) is 0 Å². The van der Waals surface area contributed by atoms with E-state index in [1.54, 1.807) is 0 Å². The third-order valence-corrected chi connectivity index (χ3v) is 4.44. The Hall–Kier alpha value is -0.920. The summed E-state index contributed by atoms with van der Waals surface area (Å²) in [5, 5.41) is 3.32. The van der Waals surface area contributed by atoms with Crippen molar-refractivity contribution in [2.75, 3.05) is 26.2 Å². The molecule has 0 atom stereocenters. The maximum atomic E-state index is 12.1. The lowest BCUT2D eigenvalue weighted by molar-refractivity contribution is 0.359. The minimum atomic E-state index is -3.38. The van der Waals surface area contributed by atoms with Crippen LogP contribution in [0.25, 0.3) is 0 Å². The molecule has 16 heavy (non-hydrogen) atoms. The number of imidazole rings is 1. The molecule has 1 aromatic heterocycles. The Labute approximate surface area is 95.1 Å². The summed E-state index contributed by atoms with van der Waals surface area (Å²) in [7, 11) is -3.38. The molecule has 1 aromatic rings. The predicted molar refractivity (Wildman–Crippen MR) is 59.6 cm³/mol. The number of aromatic amines is 1. The zero-order valence-electron chi connectivity index (χ0n) is 9.23. The highest BCUT2D eigenvalue weighted by Gasteiger charge is 2.27. The number of hydrogen-bond donors (Lipinski definition) is 2. The van der Waals surface area contributed by atoms with Crippen molar-refractivity contribution in [2.45, 2.75) is 18.4 Å². The van der Waals surface area contributed by atoms with Crippen LogP contribution in [0.1, 0.15) is 12.7 Å². The molecule has 0 aliphatic carbocycles. The lowest BCUT2D eigenvalue weighted by Crippen LogP contribution is -2.46. The van der Waals surface area contributed by atoms with Crippen LogP contribution in [0.2, 0.25) is 0 Å². The summed E-state index contributed by atoms with van der Waals surface area (Å²) >= 11 is 0. The van der Waals surface area contributed by atoms with Crippen LogP contribution >= 0.6 is 0 Å². The Morgan fingerprint density at radius 2 is 2.12 bits per heavy atom. The number of nitrogens with one attached hydrogen (secondary N) is 2.